The summed E-state index contributed by atoms with van der Waals surface area (Å²) in [7, 11) is -7.24. The second-order valence-electron chi connectivity index (χ2n) is 7.40. The Kier molecular flexibility index (Phi) is 6.84. The second kappa shape index (κ2) is 8.89. The molecular formula is C18H29N5O5S2. The fourth-order valence-corrected chi connectivity index (χ4v) is 6.09. The molecule has 0 unspecified atom stereocenters. The van der Waals surface area contributed by atoms with Crippen LogP contribution >= 0.6 is 0 Å². The molecule has 2 aliphatic rings. The second-order valence-corrected chi connectivity index (χ2v) is 10.9. The van der Waals surface area contributed by atoms with E-state index in [4.69, 9.17) is 5.14 Å². The van der Waals surface area contributed by atoms with Crippen LogP contribution in [0.15, 0.2) is 23.1 Å². The van der Waals surface area contributed by atoms with Crippen LogP contribution in [-0.4, -0.2) is 88.6 Å². The Balaban J connectivity index is 1.60. The van der Waals surface area contributed by atoms with Gasteiger partial charge in [0.05, 0.1) is 11.4 Å². The Hall–Kier alpha value is -1.57. The molecule has 1 saturated heterocycles. The summed E-state index contributed by atoms with van der Waals surface area (Å²) in [6.07, 6.45) is 0.570. The number of piperazine rings is 1. The van der Waals surface area contributed by atoms with Crippen molar-refractivity contribution in [2.45, 2.75) is 25.2 Å². The van der Waals surface area contributed by atoms with Gasteiger partial charge in [-0.2, -0.15) is 17.0 Å². The highest BCUT2D eigenvalue weighted by Gasteiger charge is 2.32. The maximum Gasteiger partial charge on any atom is 0.282 e. The predicted octanol–water partition coefficient (Wildman–Crippen LogP) is -0.573. The van der Waals surface area contributed by atoms with E-state index in [1.165, 1.54) is 20.7 Å². The monoisotopic (exact) mass is 459 g/mol. The lowest BCUT2D eigenvalue weighted by Crippen LogP contribution is -2.54. The molecule has 1 fully saturated rings. The molecule has 3 rings (SSSR count). The lowest BCUT2D eigenvalue weighted by Gasteiger charge is -2.36. The number of primary sulfonamides is 1. The first kappa shape index (κ1) is 23.1. The number of nitrogens with two attached hydrogens (primary N) is 1. The van der Waals surface area contributed by atoms with Crippen molar-refractivity contribution in [3.05, 3.63) is 23.8 Å². The Morgan fingerprint density at radius 1 is 1.03 bits per heavy atom. The zero-order valence-corrected chi connectivity index (χ0v) is 19.0. The number of anilines is 1. The Bertz CT molecular complexity index is 1000. The van der Waals surface area contributed by atoms with Crippen molar-refractivity contribution in [1.29, 1.82) is 0 Å². The zero-order chi connectivity index (χ0) is 22.1. The number of carbonyl (C=O) groups excluding carboxylic acids is 1. The third-order valence-corrected chi connectivity index (χ3v) is 8.72. The number of rotatable bonds is 7. The maximum atomic E-state index is 12.8. The van der Waals surface area contributed by atoms with Gasteiger partial charge in [-0.1, -0.05) is 13.8 Å². The molecule has 2 N–H and O–H groups in total. The fourth-order valence-electron chi connectivity index (χ4n) is 3.92. The summed E-state index contributed by atoms with van der Waals surface area (Å²) >= 11 is 0. The van der Waals surface area contributed by atoms with Crippen LogP contribution in [0.1, 0.15) is 19.4 Å². The smallest absolute Gasteiger partial charge is 0.282 e. The van der Waals surface area contributed by atoms with E-state index in [0.29, 0.717) is 57.9 Å². The highest BCUT2D eigenvalue weighted by atomic mass is 32.2. The van der Waals surface area contributed by atoms with E-state index < -0.39 is 20.2 Å². The number of amides is 1. The number of hydrogen-bond donors (Lipinski definition) is 1. The van der Waals surface area contributed by atoms with E-state index in [-0.39, 0.29) is 17.3 Å². The summed E-state index contributed by atoms with van der Waals surface area (Å²) in [5.74, 6) is -0.0860. The van der Waals surface area contributed by atoms with Gasteiger partial charge in [-0.05, 0) is 30.2 Å². The van der Waals surface area contributed by atoms with Crippen LogP contribution in [0.3, 0.4) is 0 Å². The highest BCUT2D eigenvalue weighted by Crippen LogP contribution is 2.30. The van der Waals surface area contributed by atoms with Crippen LogP contribution in [0.25, 0.3) is 0 Å². The molecule has 0 saturated carbocycles. The molecule has 30 heavy (non-hydrogen) atoms. The molecule has 0 spiro atoms. The van der Waals surface area contributed by atoms with Crippen molar-refractivity contribution in [3.8, 4) is 0 Å². The molecule has 2 heterocycles. The van der Waals surface area contributed by atoms with E-state index >= 15 is 0 Å². The van der Waals surface area contributed by atoms with Crippen LogP contribution in [0, 0.1) is 0 Å². The minimum absolute atomic E-state index is 0.0427. The highest BCUT2D eigenvalue weighted by molar-refractivity contribution is 7.89. The lowest BCUT2D eigenvalue weighted by atomic mass is 10.2. The van der Waals surface area contributed by atoms with Crippen LogP contribution in [0.2, 0.25) is 0 Å². The van der Waals surface area contributed by atoms with Gasteiger partial charge in [-0.3, -0.25) is 9.69 Å². The van der Waals surface area contributed by atoms with Gasteiger partial charge in [0.1, 0.15) is 0 Å². The van der Waals surface area contributed by atoms with Gasteiger partial charge >= 0.3 is 0 Å². The Labute approximate surface area is 178 Å². The normalized spacial score (nSPS) is 18.7. The average molecular weight is 460 g/mol. The Morgan fingerprint density at radius 3 is 2.23 bits per heavy atom. The van der Waals surface area contributed by atoms with Gasteiger partial charge < -0.3 is 4.90 Å². The first-order valence-electron chi connectivity index (χ1n) is 10.0. The van der Waals surface area contributed by atoms with E-state index in [1.54, 1.807) is 11.0 Å². The number of fused-ring (bicyclic) bond motifs is 1. The topological polar surface area (TPSA) is 124 Å². The molecule has 1 amide bonds. The number of carbonyl (C=O) groups is 1. The van der Waals surface area contributed by atoms with Crippen LogP contribution in [0.5, 0.6) is 0 Å². The van der Waals surface area contributed by atoms with Gasteiger partial charge in [-0.15, -0.1) is 0 Å². The number of benzene rings is 1. The quantitative estimate of drug-likeness (QED) is 0.582. The zero-order valence-electron chi connectivity index (χ0n) is 17.3. The first-order chi connectivity index (χ1) is 14.1. The standard InChI is InChI=1S/C18H29N5O5S2/c1-3-21(4-2)30(27,28)22-11-9-20(10-12-22)14-18(24)23-8-7-15-13-16(29(19,25)26)5-6-17(15)23/h5-6,13H,3-4,7-12,14H2,1-2H3,(H2,19,25,26). The molecular weight excluding hydrogens is 430 g/mol. The largest absolute Gasteiger partial charge is 0.311 e. The molecule has 0 radical (unpaired) electrons. The predicted molar refractivity (Wildman–Crippen MR) is 114 cm³/mol. The van der Waals surface area contributed by atoms with E-state index in [2.05, 4.69) is 0 Å². The Morgan fingerprint density at radius 2 is 1.67 bits per heavy atom. The number of nitrogens with zero attached hydrogens (tertiary/aromatic N) is 4. The van der Waals surface area contributed by atoms with Gasteiger partial charge in [0.2, 0.25) is 15.9 Å². The van der Waals surface area contributed by atoms with Crippen molar-refractivity contribution in [2.75, 3.05) is 57.3 Å². The van der Waals surface area contributed by atoms with Gasteiger partial charge in [0, 0.05) is 51.5 Å². The molecule has 2 aliphatic heterocycles. The first-order valence-corrected chi connectivity index (χ1v) is 13.0. The minimum atomic E-state index is -3.78. The molecule has 10 nitrogen and oxygen atoms in total. The molecule has 0 aliphatic carbocycles. The molecule has 1 aromatic rings. The van der Waals surface area contributed by atoms with Crippen molar-refractivity contribution >= 4 is 31.8 Å². The van der Waals surface area contributed by atoms with Gasteiger partial charge in [0.15, 0.2) is 0 Å². The van der Waals surface area contributed by atoms with Crippen LogP contribution in [-0.2, 0) is 31.4 Å². The number of sulfonamides is 1. The van der Waals surface area contributed by atoms with Crippen molar-refractivity contribution < 1.29 is 21.6 Å². The summed E-state index contributed by atoms with van der Waals surface area (Å²) in [6, 6.07) is 4.56. The summed E-state index contributed by atoms with van der Waals surface area (Å²) < 4.78 is 51.2. The molecule has 0 atom stereocenters. The maximum absolute atomic E-state index is 12.8. The summed E-state index contributed by atoms with van der Waals surface area (Å²) in [6.45, 7) is 6.83. The molecule has 12 heteroatoms. The third kappa shape index (κ3) is 4.68. The summed E-state index contributed by atoms with van der Waals surface area (Å²) in [5.41, 5.74) is 1.49. The third-order valence-electron chi connectivity index (χ3n) is 5.62. The van der Waals surface area contributed by atoms with Crippen molar-refractivity contribution in [1.82, 2.24) is 13.5 Å². The fraction of sp³-hybridized carbons (Fsp3) is 0.611. The molecule has 1 aromatic carbocycles. The van der Waals surface area contributed by atoms with E-state index in [9.17, 15) is 21.6 Å². The van der Waals surface area contributed by atoms with Crippen LogP contribution in [0.4, 0.5) is 5.69 Å². The van der Waals surface area contributed by atoms with Gasteiger partial charge in [0.25, 0.3) is 10.2 Å². The SMILES string of the molecule is CCN(CC)S(=O)(=O)N1CCN(CC(=O)N2CCc3cc(S(N)(=O)=O)ccc32)CC1. The van der Waals surface area contributed by atoms with Crippen LogP contribution < -0.4 is 10.0 Å². The average Bonchev–Trinajstić information content (AvgIpc) is 3.12. The molecule has 0 aromatic heterocycles. The van der Waals surface area contributed by atoms with Crippen molar-refractivity contribution in [3.63, 3.8) is 0 Å². The van der Waals surface area contributed by atoms with Crippen molar-refractivity contribution in [2.24, 2.45) is 5.14 Å². The summed E-state index contributed by atoms with van der Waals surface area (Å²) in [4.78, 5) is 16.5. The van der Waals surface area contributed by atoms with E-state index in [0.717, 1.165) is 5.56 Å². The lowest BCUT2D eigenvalue weighted by molar-refractivity contribution is -0.119. The minimum Gasteiger partial charge on any atom is -0.311 e. The molecule has 0 bridgehead atoms. The van der Waals surface area contributed by atoms with Gasteiger partial charge in [-0.25, -0.2) is 13.6 Å². The van der Waals surface area contributed by atoms with E-state index in [1.807, 2.05) is 18.7 Å². The summed E-state index contributed by atoms with van der Waals surface area (Å²) in [5, 5.41) is 5.18. The number of hydrogen-bond acceptors (Lipinski definition) is 6. The molecule has 168 valence electrons.